The van der Waals surface area contributed by atoms with Crippen LogP contribution in [0.3, 0.4) is 0 Å². The van der Waals surface area contributed by atoms with Crippen LogP contribution in [0, 0.1) is 5.92 Å². The normalized spacial score (nSPS) is 39.1. The van der Waals surface area contributed by atoms with Gasteiger partial charge in [-0.2, -0.15) is 0 Å². The van der Waals surface area contributed by atoms with Crippen LogP contribution in [0.15, 0.2) is 24.3 Å². The van der Waals surface area contributed by atoms with E-state index in [4.69, 9.17) is 9.47 Å². The second-order valence-electron chi connectivity index (χ2n) is 6.85. The summed E-state index contributed by atoms with van der Waals surface area (Å²) in [6.07, 6.45) is 4.55. The summed E-state index contributed by atoms with van der Waals surface area (Å²) in [6.45, 7) is 0.862. The molecule has 2 aliphatic carbocycles. The van der Waals surface area contributed by atoms with E-state index in [0.717, 1.165) is 24.9 Å². The summed E-state index contributed by atoms with van der Waals surface area (Å²) in [7, 11) is 1.62. The Bertz CT molecular complexity index is 698. The van der Waals surface area contributed by atoms with Gasteiger partial charge in [0.25, 0.3) is 0 Å². The van der Waals surface area contributed by atoms with Gasteiger partial charge in [0.05, 0.1) is 12.5 Å². The van der Waals surface area contributed by atoms with Crippen molar-refractivity contribution in [2.75, 3.05) is 13.7 Å². The van der Waals surface area contributed by atoms with E-state index < -0.39 is 11.9 Å². The van der Waals surface area contributed by atoms with Crippen molar-refractivity contribution >= 4 is 0 Å². The molecule has 1 aromatic rings. The van der Waals surface area contributed by atoms with Crippen molar-refractivity contribution in [2.45, 2.75) is 36.2 Å². The highest BCUT2D eigenvalue weighted by atomic mass is 16.6. The first-order valence-corrected chi connectivity index (χ1v) is 7.82. The Hall–Kier alpha value is -1.56. The number of hydrogen-bond acceptors (Lipinski definition) is 5. The van der Waals surface area contributed by atoms with E-state index in [2.05, 4.69) is 11.4 Å². The van der Waals surface area contributed by atoms with Gasteiger partial charge in [-0.25, -0.2) is 0 Å². The standard InChI is InChI=1S/C17H19NO4/c1-21-12-3-2-9-8-11-10-4-5-17(19,20)15-16(10,6-7-18-11)13(9)14(12)22-15/h2-5,10-11,15,18-20H,6-8H2,1H3/t10?,11-,15?,16+/m1/s1. The number of methoxy groups -OCH3 is 1. The monoisotopic (exact) mass is 301 g/mol. The molecular formula is C17H19NO4. The molecule has 5 rings (SSSR count). The number of rotatable bonds is 1. The third-order valence-corrected chi connectivity index (χ3v) is 5.94. The molecule has 4 atom stereocenters. The van der Waals surface area contributed by atoms with Gasteiger partial charge in [0.15, 0.2) is 17.6 Å². The molecular weight excluding hydrogens is 282 g/mol. The fraction of sp³-hybridized carbons (Fsp3) is 0.529. The smallest absolute Gasteiger partial charge is 0.222 e. The largest absolute Gasteiger partial charge is 0.493 e. The summed E-state index contributed by atoms with van der Waals surface area (Å²) in [5, 5.41) is 24.6. The van der Waals surface area contributed by atoms with E-state index in [9.17, 15) is 10.2 Å². The molecule has 2 heterocycles. The minimum Gasteiger partial charge on any atom is -0.493 e. The number of aliphatic hydroxyl groups is 2. The molecule has 0 amide bonds. The van der Waals surface area contributed by atoms with Crippen molar-refractivity contribution in [1.29, 1.82) is 0 Å². The van der Waals surface area contributed by atoms with E-state index >= 15 is 0 Å². The Kier molecular flexibility index (Phi) is 2.26. The van der Waals surface area contributed by atoms with Gasteiger partial charge in [-0.3, -0.25) is 0 Å². The van der Waals surface area contributed by atoms with Gasteiger partial charge < -0.3 is 25.0 Å². The molecule has 5 heteroatoms. The second-order valence-corrected chi connectivity index (χ2v) is 6.85. The van der Waals surface area contributed by atoms with E-state index in [-0.39, 0.29) is 11.3 Å². The summed E-state index contributed by atoms with van der Waals surface area (Å²) in [6, 6.07) is 4.33. The maximum atomic E-state index is 10.5. The molecule has 1 saturated heterocycles. The summed E-state index contributed by atoms with van der Waals surface area (Å²) >= 11 is 0. The number of hydrogen-bond donors (Lipinski definition) is 3. The van der Waals surface area contributed by atoms with E-state index in [1.807, 2.05) is 12.1 Å². The first-order valence-electron chi connectivity index (χ1n) is 7.82. The van der Waals surface area contributed by atoms with Gasteiger partial charge in [0.1, 0.15) is 0 Å². The second kappa shape index (κ2) is 3.85. The Morgan fingerprint density at radius 2 is 2.23 bits per heavy atom. The molecule has 3 N–H and O–H groups in total. The Balaban J connectivity index is 1.85. The van der Waals surface area contributed by atoms with Crippen LogP contribution in [0.25, 0.3) is 0 Å². The molecule has 22 heavy (non-hydrogen) atoms. The topological polar surface area (TPSA) is 71.0 Å². The predicted molar refractivity (Wildman–Crippen MR) is 79.0 cm³/mol. The maximum Gasteiger partial charge on any atom is 0.222 e. The fourth-order valence-corrected chi connectivity index (χ4v) is 5.17. The molecule has 116 valence electrons. The zero-order valence-corrected chi connectivity index (χ0v) is 12.4. The molecule has 2 unspecified atom stereocenters. The zero-order valence-electron chi connectivity index (χ0n) is 12.4. The third-order valence-electron chi connectivity index (χ3n) is 5.94. The maximum absolute atomic E-state index is 10.5. The third kappa shape index (κ3) is 1.27. The number of piperidine rings is 1. The quantitative estimate of drug-likeness (QED) is 0.520. The number of benzene rings is 1. The van der Waals surface area contributed by atoms with Crippen molar-refractivity contribution in [3.63, 3.8) is 0 Å². The molecule has 0 radical (unpaired) electrons. The number of ether oxygens (including phenoxy) is 2. The van der Waals surface area contributed by atoms with Crippen molar-refractivity contribution in [3.8, 4) is 11.5 Å². The highest BCUT2D eigenvalue weighted by Crippen LogP contribution is 2.62. The van der Waals surface area contributed by atoms with E-state index in [0.29, 0.717) is 17.5 Å². The lowest BCUT2D eigenvalue weighted by molar-refractivity contribution is -0.208. The van der Waals surface area contributed by atoms with Crippen molar-refractivity contribution in [2.24, 2.45) is 5.92 Å². The SMILES string of the molecule is COc1ccc2c3c1OC1C(O)(O)C=CC4[C@@H](C2)NCC[C@@]341. The number of nitrogens with one attached hydrogen (secondary N) is 1. The lowest BCUT2D eigenvalue weighted by atomic mass is 9.53. The van der Waals surface area contributed by atoms with Crippen molar-refractivity contribution in [3.05, 3.63) is 35.4 Å². The molecule has 2 bridgehead atoms. The molecule has 4 aliphatic rings. The predicted octanol–water partition coefficient (Wildman–Crippen LogP) is 0.479. The van der Waals surface area contributed by atoms with Gasteiger partial charge in [-0.15, -0.1) is 0 Å². The molecule has 5 nitrogen and oxygen atoms in total. The van der Waals surface area contributed by atoms with Crippen LogP contribution in [0.2, 0.25) is 0 Å². The van der Waals surface area contributed by atoms with Crippen LogP contribution in [-0.4, -0.2) is 41.8 Å². The van der Waals surface area contributed by atoms with Gasteiger partial charge in [0.2, 0.25) is 5.79 Å². The first kappa shape index (κ1) is 12.9. The van der Waals surface area contributed by atoms with Crippen LogP contribution in [0.1, 0.15) is 17.5 Å². The minimum absolute atomic E-state index is 0.222. The van der Waals surface area contributed by atoms with E-state index in [1.54, 1.807) is 7.11 Å². The van der Waals surface area contributed by atoms with Gasteiger partial charge in [0, 0.05) is 17.5 Å². The molecule has 0 saturated carbocycles. The molecule has 1 spiro atoms. The summed E-state index contributed by atoms with van der Waals surface area (Å²) in [4.78, 5) is 0. The van der Waals surface area contributed by atoms with Gasteiger partial charge in [-0.1, -0.05) is 12.1 Å². The highest BCUT2D eigenvalue weighted by Gasteiger charge is 2.67. The molecule has 1 aromatic carbocycles. The summed E-state index contributed by atoms with van der Waals surface area (Å²) in [5.74, 6) is -0.350. The van der Waals surface area contributed by atoms with Crippen LogP contribution in [0.4, 0.5) is 0 Å². The minimum atomic E-state index is -1.95. The first-order chi connectivity index (χ1) is 10.6. The molecule has 1 fully saturated rings. The average Bonchev–Trinajstić information content (AvgIpc) is 2.83. The van der Waals surface area contributed by atoms with Gasteiger partial charge in [-0.05, 0) is 37.1 Å². The average molecular weight is 301 g/mol. The van der Waals surface area contributed by atoms with Crippen molar-refractivity contribution in [1.82, 2.24) is 5.32 Å². The molecule has 0 aromatic heterocycles. The fourth-order valence-electron chi connectivity index (χ4n) is 5.17. The molecule has 2 aliphatic heterocycles. The van der Waals surface area contributed by atoms with Crippen LogP contribution in [0.5, 0.6) is 11.5 Å². The van der Waals surface area contributed by atoms with Crippen LogP contribution >= 0.6 is 0 Å². The van der Waals surface area contributed by atoms with Crippen LogP contribution < -0.4 is 14.8 Å². The lowest BCUT2D eigenvalue weighted by Gasteiger charge is -2.55. The summed E-state index contributed by atoms with van der Waals surface area (Å²) < 4.78 is 11.6. The zero-order chi connectivity index (χ0) is 15.1. The van der Waals surface area contributed by atoms with Crippen molar-refractivity contribution < 1.29 is 19.7 Å². The Morgan fingerprint density at radius 3 is 3.05 bits per heavy atom. The Labute approximate surface area is 128 Å². The lowest BCUT2D eigenvalue weighted by Crippen LogP contribution is -2.67. The van der Waals surface area contributed by atoms with Crippen LogP contribution in [-0.2, 0) is 11.8 Å². The van der Waals surface area contributed by atoms with Gasteiger partial charge >= 0.3 is 0 Å². The van der Waals surface area contributed by atoms with E-state index in [1.165, 1.54) is 11.6 Å². The Morgan fingerprint density at radius 1 is 1.36 bits per heavy atom. The highest BCUT2D eigenvalue weighted by molar-refractivity contribution is 5.62. The summed E-state index contributed by atoms with van der Waals surface area (Å²) in [5.41, 5.74) is 2.00.